The summed E-state index contributed by atoms with van der Waals surface area (Å²) in [6.07, 6.45) is -0.275. The molecule has 1 aliphatic rings. The zero-order chi connectivity index (χ0) is 16.4. The van der Waals surface area contributed by atoms with Crippen molar-refractivity contribution in [2.24, 2.45) is 0 Å². The fraction of sp³-hybridized carbons (Fsp3) is 0.118. The molecule has 1 aliphatic heterocycles. The van der Waals surface area contributed by atoms with Crippen LogP contribution in [0.5, 0.6) is 0 Å². The third-order valence-electron chi connectivity index (χ3n) is 3.63. The van der Waals surface area contributed by atoms with Crippen LogP contribution < -0.4 is 0 Å². The highest BCUT2D eigenvalue weighted by Gasteiger charge is 2.33. The third kappa shape index (κ3) is 3.10. The number of ether oxygens (including phenoxy) is 1. The minimum Gasteiger partial charge on any atom is -0.454 e. The summed E-state index contributed by atoms with van der Waals surface area (Å²) in [7, 11) is 0. The summed E-state index contributed by atoms with van der Waals surface area (Å²) >= 11 is 6.31. The first kappa shape index (κ1) is 15.2. The van der Waals surface area contributed by atoms with Gasteiger partial charge < -0.3 is 4.74 Å². The van der Waals surface area contributed by atoms with Crippen molar-refractivity contribution in [3.8, 4) is 0 Å². The number of non-ortho nitro benzene ring substituents is 1. The second kappa shape index (κ2) is 6.22. The van der Waals surface area contributed by atoms with Gasteiger partial charge in [0.25, 0.3) is 5.69 Å². The Hall–Kier alpha value is -2.66. The summed E-state index contributed by atoms with van der Waals surface area (Å²) in [6, 6.07) is 15.2. The normalized spacial score (nSPS) is 19.3. The molecule has 0 saturated carbocycles. The number of hydrogen-bond acceptors (Lipinski definition) is 4. The van der Waals surface area contributed by atoms with Crippen molar-refractivity contribution in [1.82, 2.24) is 0 Å². The molecule has 1 heterocycles. The first-order valence-electron chi connectivity index (χ1n) is 6.95. The van der Waals surface area contributed by atoms with Crippen molar-refractivity contribution in [2.45, 2.75) is 12.5 Å². The van der Waals surface area contributed by atoms with Crippen LogP contribution in [-0.2, 0) is 9.53 Å². The van der Waals surface area contributed by atoms with Gasteiger partial charge in [-0.2, -0.15) is 0 Å². The van der Waals surface area contributed by atoms with Gasteiger partial charge in [-0.15, -0.1) is 0 Å². The number of carbonyl (C=O) groups excluding carboxylic acids is 1. The van der Waals surface area contributed by atoms with Crippen LogP contribution >= 0.6 is 11.6 Å². The number of nitro groups is 1. The molecule has 0 spiro atoms. The molecule has 1 unspecified atom stereocenters. The minimum atomic E-state index is -0.560. The second-order valence-electron chi connectivity index (χ2n) is 5.11. The van der Waals surface area contributed by atoms with Crippen LogP contribution in [0.15, 0.2) is 60.2 Å². The molecule has 0 bridgehead atoms. The molecule has 116 valence electrons. The predicted octanol–water partition coefficient (Wildman–Crippen LogP) is 4.23. The van der Waals surface area contributed by atoms with Gasteiger partial charge in [-0.25, -0.2) is 4.79 Å². The fourth-order valence-corrected chi connectivity index (χ4v) is 2.75. The first-order valence-corrected chi connectivity index (χ1v) is 7.33. The predicted molar refractivity (Wildman–Crippen MR) is 85.8 cm³/mol. The van der Waals surface area contributed by atoms with Gasteiger partial charge in [-0.3, -0.25) is 10.1 Å². The van der Waals surface area contributed by atoms with Gasteiger partial charge in [-0.05, 0) is 11.1 Å². The number of rotatable bonds is 3. The number of nitrogens with zero attached hydrogens (tertiary/aromatic N) is 1. The van der Waals surface area contributed by atoms with E-state index in [9.17, 15) is 14.9 Å². The van der Waals surface area contributed by atoms with Crippen LogP contribution in [0.1, 0.15) is 23.7 Å². The first-order chi connectivity index (χ1) is 11.1. The molecule has 2 aromatic carbocycles. The standard InChI is InChI=1S/C17H12ClNO4/c18-16(11-5-2-1-3-6-11)14-10-15(23-17(14)20)12-7-4-8-13(9-12)19(21)22/h1-9,15H,10H2/b16-14+. The molecule has 1 fully saturated rings. The molecule has 0 radical (unpaired) electrons. The lowest BCUT2D eigenvalue weighted by Crippen LogP contribution is -2.00. The third-order valence-corrected chi connectivity index (χ3v) is 4.08. The Kier molecular flexibility index (Phi) is 4.12. The van der Waals surface area contributed by atoms with Crippen LogP contribution in [0.2, 0.25) is 0 Å². The van der Waals surface area contributed by atoms with E-state index in [1.54, 1.807) is 12.1 Å². The van der Waals surface area contributed by atoms with E-state index in [-0.39, 0.29) is 12.1 Å². The Balaban J connectivity index is 1.91. The lowest BCUT2D eigenvalue weighted by Gasteiger charge is -2.08. The average Bonchev–Trinajstić information content (AvgIpc) is 2.97. The van der Waals surface area contributed by atoms with Gasteiger partial charge in [0.05, 0.1) is 15.5 Å². The summed E-state index contributed by atoms with van der Waals surface area (Å²) in [5, 5.41) is 11.2. The van der Waals surface area contributed by atoms with Crippen LogP contribution in [0.3, 0.4) is 0 Å². The fourth-order valence-electron chi connectivity index (χ4n) is 2.47. The van der Waals surface area contributed by atoms with Gasteiger partial charge in [0.1, 0.15) is 6.10 Å². The summed E-state index contributed by atoms with van der Waals surface area (Å²) < 4.78 is 5.33. The number of halogens is 1. The molecule has 5 nitrogen and oxygen atoms in total. The van der Waals surface area contributed by atoms with E-state index >= 15 is 0 Å². The van der Waals surface area contributed by atoms with Gasteiger partial charge in [0.2, 0.25) is 0 Å². The Morgan fingerprint density at radius 1 is 1.17 bits per heavy atom. The van der Waals surface area contributed by atoms with Crippen LogP contribution in [0.25, 0.3) is 5.03 Å². The Morgan fingerprint density at radius 2 is 1.91 bits per heavy atom. The molecule has 2 aromatic rings. The highest BCUT2D eigenvalue weighted by atomic mass is 35.5. The van der Waals surface area contributed by atoms with Crippen LogP contribution in [-0.4, -0.2) is 10.9 Å². The maximum atomic E-state index is 12.1. The van der Waals surface area contributed by atoms with E-state index in [1.807, 2.05) is 30.3 Å². The highest BCUT2D eigenvalue weighted by Crippen LogP contribution is 2.39. The summed E-state index contributed by atoms with van der Waals surface area (Å²) in [5.74, 6) is -0.490. The topological polar surface area (TPSA) is 69.4 Å². The lowest BCUT2D eigenvalue weighted by molar-refractivity contribution is -0.385. The summed E-state index contributed by atoms with van der Waals surface area (Å²) in [6.45, 7) is 0. The van der Waals surface area contributed by atoms with Gasteiger partial charge in [0, 0.05) is 18.6 Å². The Morgan fingerprint density at radius 3 is 2.61 bits per heavy atom. The molecular weight excluding hydrogens is 318 g/mol. The van der Waals surface area contributed by atoms with E-state index in [4.69, 9.17) is 16.3 Å². The number of hydrogen-bond donors (Lipinski definition) is 0. The van der Waals surface area contributed by atoms with Gasteiger partial charge in [0.15, 0.2) is 0 Å². The molecule has 6 heteroatoms. The van der Waals surface area contributed by atoms with E-state index in [0.29, 0.717) is 16.2 Å². The van der Waals surface area contributed by atoms with Crippen molar-refractivity contribution >= 4 is 28.3 Å². The highest BCUT2D eigenvalue weighted by molar-refractivity contribution is 6.51. The smallest absolute Gasteiger partial charge is 0.336 e. The molecule has 1 atom stereocenters. The van der Waals surface area contributed by atoms with Gasteiger partial charge in [-0.1, -0.05) is 54.1 Å². The molecule has 3 rings (SSSR count). The second-order valence-corrected chi connectivity index (χ2v) is 5.49. The SMILES string of the molecule is O=C1OC(c2cccc([N+](=O)[O-])c2)C/C1=C(\Cl)c1ccccc1. The molecule has 0 aromatic heterocycles. The van der Waals surface area contributed by atoms with E-state index in [0.717, 1.165) is 5.56 Å². The number of carbonyl (C=O) groups is 1. The number of cyclic esters (lactones) is 1. The quantitative estimate of drug-likeness (QED) is 0.365. The number of benzene rings is 2. The monoisotopic (exact) mass is 329 g/mol. The van der Waals surface area contributed by atoms with Crippen LogP contribution in [0, 0.1) is 10.1 Å². The van der Waals surface area contributed by atoms with E-state index in [1.165, 1.54) is 12.1 Å². The minimum absolute atomic E-state index is 0.0369. The molecule has 1 saturated heterocycles. The largest absolute Gasteiger partial charge is 0.454 e. The van der Waals surface area contributed by atoms with Crippen molar-refractivity contribution in [2.75, 3.05) is 0 Å². The van der Waals surface area contributed by atoms with Crippen LogP contribution in [0.4, 0.5) is 5.69 Å². The Labute approximate surface area is 137 Å². The number of esters is 1. The van der Waals surface area contributed by atoms with E-state index in [2.05, 4.69) is 0 Å². The Bertz CT molecular complexity index is 801. The molecule has 0 N–H and O–H groups in total. The average molecular weight is 330 g/mol. The lowest BCUT2D eigenvalue weighted by atomic mass is 10.0. The zero-order valence-corrected chi connectivity index (χ0v) is 12.7. The van der Waals surface area contributed by atoms with E-state index < -0.39 is 17.0 Å². The zero-order valence-electron chi connectivity index (χ0n) is 11.9. The van der Waals surface area contributed by atoms with Crippen molar-refractivity contribution in [3.63, 3.8) is 0 Å². The van der Waals surface area contributed by atoms with Crippen molar-refractivity contribution in [1.29, 1.82) is 0 Å². The van der Waals surface area contributed by atoms with Crippen molar-refractivity contribution in [3.05, 3.63) is 81.4 Å². The number of nitro benzene ring substituents is 1. The molecule has 0 aliphatic carbocycles. The maximum absolute atomic E-state index is 12.1. The molecule has 23 heavy (non-hydrogen) atoms. The maximum Gasteiger partial charge on any atom is 0.336 e. The molecule has 0 amide bonds. The van der Waals surface area contributed by atoms with Gasteiger partial charge >= 0.3 is 5.97 Å². The van der Waals surface area contributed by atoms with Crippen molar-refractivity contribution < 1.29 is 14.5 Å². The molecular formula is C17H12ClNO4. The summed E-state index contributed by atoms with van der Waals surface area (Å²) in [5.41, 5.74) is 1.67. The summed E-state index contributed by atoms with van der Waals surface area (Å²) in [4.78, 5) is 22.5.